The molecule has 1 amide bonds. The first-order chi connectivity index (χ1) is 9.11. The number of nitrogens with two attached hydrogens (primary N) is 1. The molecule has 19 heavy (non-hydrogen) atoms. The lowest BCUT2D eigenvalue weighted by Crippen LogP contribution is -2.22. The SMILES string of the molecule is CC(C)CCOCCNCc1ccccc1C(N)=O. The van der Waals surface area contributed by atoms with E-state index in [0.29, 0.717) is 24.6 Å². The molecular weight excluding hydrogens is 240 g/mol. The van der Waals surface area contributed by atoms with Gasteiger partial charge in [-0.05, 0) is 24.0 Å². The zero-order valence-electron chi connectivity index (χ0n) is 11.8. The Labute approximate surface area is 115 Å². The molecule has 0 unspecified atom stereocenters. The van der Waals surface area contributed by atoms with E-state index in [2.05, 4.69) is 19.2 Å². The third-order valence-corrected chi connectivity index (χ3v) is 2.86. The largest absolute Gasteiger partial charge is 0.380 e. The fraction of sp³-hybridized carbons (Fsp3) is 0.533. The third kappa shape index (κ3) is 6.36. The Morgan fingerprint density at radius 1 is 1.32 bits per heavy atom. The normalized spacial score (nSPS) is 10.9. The molecule has 1 rings (SSSR count). The lowest BCUT2D eigenvalue weighted by molar-refractivity contribution is 0.0999. The highest BCUT2D eigenvalue weighted by molar-refractivity contribution is 5.94. The van der Waals surface area contributed by atoms with Crippen LogP contribution in [0.5, 0.6) is 0 Å². The van der Waals surface area contributed by atoms with Gasteiger partial charge in [-0.15, -0.1) is 0 Å². The molecule has 0 aliphatic carbocycles. The maximum Gasteiger partial charge on any atom is 0.249 e. The van der Waals surface area contributed by atoms with Gasteiger partial charge in [-0.3, -0.25) is 4.79 Å². The van der Waals surface area contributed by atoms with Crippen LogP contribution in [-0.4, -0.2) is 25.7 Å². The smallest absolute Gasteiger partial charge is 0.249 e. The maximum absolute atomic E-state index is 11.2. The molecular formula is C15H24N2O2. The van der Waals surface area contributed by atoms with Crippen LogP contribution in [0.3, 0.4) is 0 Å². The average Bonchev–Trinajstić information content (AvgIpc) is 2.37. The third-order valence-electron chi connectivity index (χ3n) is 2.86. The minimum atomic E-state index is -0.384. The van der Waals surface area contributed by atoms with Crippen LogP contribution in [-0.2, 0) is 11.3 Å². The predicted molar refractivity (Wildman–Crippen MR) is 76.9 cm³/mol. The topological polar surface area (TPSA) is 64.3 Å². The summed E-state index contributed by atoms with van der Waals surface area (Å²) in [5.41, 5.74) is 6.83. The number of carbonyl (C=O) groups is 1. The Morgan fingerprint density at radius 2 is 2.05 bits per heavy atom. The Hall–Kier alpha value is -1.39. The summed E-state index contributed by atoms with van der Waals surface area (Å²) in [6.07, 6.45) is 1.09. The summed E-state index contributed by atoms with van der Waals surface area (Å²) in [6.45, 7) is 7.26. The molecule has 0 aliphatic rings. The van der Waals surface area contributed by atoms with E-state index in [-0.39, 0.29) is 5.91 Å². The van der Waals surface area contributed by atoms with Gasteiger partial charge in [0.15, 0.2) is 0 Å². The van der Waals surface area contributed by atoms with E-state index >= 15 is 0 Å². The molecule has 0 aromatic heterocycles. The van der Waals surface area contributed by atoms with Gasteiger partial charge in [0.1, 0.15) is 0 Å². The highest BCUT2D eigenvalue weighted by Crippen LogP contribution is 2.07. The molecule has 0 heterocycles. The Kier molecular flexibility index (Phi) is 7.15. The molecule has 106 valence electrons. The zero-order valence-corrected chi connectivity index (χ0v) is 11.8. The molecule has 0 fully saturated rings. The van der Waals surface area contributed by atoms with Crippen LogP contribution in [0.4, 0.5) is 0 Å². The Morgan fingerprint density at radius 3 is 2.74 bits per heavy atom. The molecule has 3 N–H and O–H groups in total. The molecule has 0 radical (unpaired) electrons. The second-order valence-electron chi connectivity index (χ2n) is 4.99. The van der Waals surface area contributed by atoms with Gasteiger partial charge < -0.3 is 15.8 Å². The van der Waals surface area contributed by atoms with Gasteiger partial charge >= 0.3 is 0 Å². The van der Waals surface area contributed by atoms with Crippen molar-refractivity contribution in [3.05, 3.63) is 35.4 Å². The van der Waals surface area contributed by atoms with Crippen molar-refractivity contribution in [1.29, 1.82) is 0 Å². The van der Waals surface area contributed by atoms with E-state index in [9.17, 15) is 4.79 Å². The van der Waals surface area contributed by atoms with Gasteiger partial charge in [-0.1, -0.05) is 32.0 Å². The summed E-state index contributed by atoms with van der Waals surface area (Å²) in [6, 6.07) is 7.38. The molecule has 0 spiro atoms. The minimum Gasteiger partial charge on any atom is -0.380 e. The van der Waals surface area contributed by atoms with E-state index in [0.717, 1.165) is 25.1 Å². The van der Waals surface area contributed by atoms with Crippen LogP contribution < -0.4 is 11.1 Å². The van der Waals surface area contributed by atoms with Crippen molar-refractivity contribution < 1.29 is 9.53 Å². The number of nitrogens with one attached hydrogen (secondary N) is 1. The van der Waals surface area contributed by atoms with Gasteiger partial charge in [0.2, 0.25) is 5.91 Å². The van der Waals surface area contributed by atoms with Crippen LogP contribution in [0.25, 0.3) is 0 Å². The number of rotatable bonds is 9. The highest BCUT2D eigenvalue weighted by atomic mass is 16.5. The number of benzene rings is 1. The quantitative estimate of drug-likeness (QED) is 0.670. The van der Waals surface area contributed by atoms with E-state index in [4.69, 9.17) is 10.5 Å². The van der Waals surface area contributed by atoms with Gasteiger partial charge in [-0.25, -0.2) is 0 Å². The first-order valence-electron chi connectivity index (χ1n) is 6.77. The Balaban J connectivity index is 2.21. The number of carbonyl (C=O) groups excluding carboxylic acids is 1. The fourth-order valence-corrected chi connectivity index (χ4v) is 1.70. The highest BCUT2D eigenvalue weighted by Gasteiger charge is 2.05. The number of primary amides is 1. The molecule has 1 aromatic rings. The molecule has 0 aliphatic heterocycles. The second-order valence-corrected chi connectivity index (χ2v) is 4.99. The molecule has 0 bridgehead atoms. The Bertz CT molecular complexity index is 391. The molecule has 0 saturated heterocycles. The molecule has 4 heteroatoms. The number of amides is 1. The van der Waals surface area contributed by atoms with E-state index < -0.39 is 0 Å². The second kappa shape index (κ2) is 8.67. The van der Waals surface area contributed by atoms with Crippen molar-refractivity contribution in [1.82, 2.24) is 5.32 Å². The number of ether oxygens (including phenoxy) is 1. The van der Waals surface area contributed by atoms with E-state index in [1.54, 1.807) is 6.07 Å². The van der Waals surface area contributed by atoms with Crippen LogP contribution in [0.2, 0.25) is 0 Å². The van der Waals surface area contributed by atoms with Crippen LogP contribution in [0, 0.1) is 5.92 Å². The monoisotopic (exact) mass is 264 g/mol. The number of hydrogen-bond donors (Lipinski definition) is 2. The number of hydrogen-bond acceptors (Lipinski definition) is 3. The van der Waals surface area contributed by atoms with Gasteiger partial charge in [0.05, 0.1) is 6.61 Å². The lowest BCUT2D eigenvalue weighted by atomic mass is 10.1. The predicted octanol–water partition coefficient (Wildman–Crippen LogP) is 1.94. The maximum atomic E-state index is 11.2. The summed E-state index contributed by atoms with van der Waals surface area (Å²) >= 11 is 0. The van der Waals surface area contributed by atoms with Crippen molar-refractivity contribution in [2.75, 3.05) is 19.8 Å². The first kappa shape index (κ1) is 15.7. The summed E-state index contributed by atoms with van der Waals surface area (Å²) < 4.78 is 5.51. The van der Waals surface area contributed by atoms with E-state index in [1.807, 2.05) is 18.2 Å². The van der Waals surface area contributed by atoms with Crippen LogP contribution in [0.15, 0.2) is 24.3 Å². The van der Waals surface area contributed by atoms with Crippen molar-refractivity contribution in [2.45, 2.75) is 26.8 Å². The first-order valence-corrected chi connectivity index (χ1v) is 6.77. The molecule has 0 atom stereocenters. The van der Waals surface area contributed by atoms with Crippen LogP contribution in [0.1, 0.15) is 36.2 Å². The standard InChI is InChI=1S/C15H24N2O2/c1-12(2)7-9-19-10-8-17-11-13-5-3-4-6-14(13)15(16)18/h3-6,12,17H,7-11H2,1-2H3,(H2,16,18). The summed E-state index contributed by atoms with van der Waals surface area (Å²) in [7, 11) is 0. The van der Waals surface area contributed by atoms with Crippen molar-refractivity contribution >= 4 is 5.91 Å². The zero-order chi connectivity index (χ0) is 14.1. The summed E-state index contributed by atoms with van der Waals surface area (Å²) in [5, 5.41) is 3.25. The molecule has 4 nitrogen and oxygen atoms in total. The average molecular weight is 264 g/mol. The van der Waals surface area contributed by atoms with Crippen molar-refractivity contribution in [3.8, 4) is 0 Å². The minimum absolute atomic E-state index is 0.384. The lowest BCUT2D eigenvalue weighted by Gasteiger charge is -2.09. The summed E-state index contributed by atoms with van der Waals surface area (Å²) in [5.74, 6) is 0.293. The summed E-state index contributed by atoms with van der Waals surface area (Å²) in [4.78, 5) is 11.2. The van der Waals surface area contributed by atoms with Crippen molar-refractivity contribution in [2.24, 2.45) is 11.7 Å². The van der Waals surface area contributed by atoms with Gasteiger partial charge in [0, 0.05) is 25.3 Å². The molecule has 1 aromatic carbocycles. The fourth-order valence-electron chi connectivity index (χ4n) is 1.70. The van der Waals surface area contributed by atoms with E-state index in [1.165, 1.54) is 0 Å². The molecule has 0 saturated carbocycles. The van der Waals surface area contributed by atoms with Crippen LogP contribution >= 0.6 is 0 Å². The van der Waals surface area contributed by atoms with Gasteiger partial charge in [-0.2, -0.15) is 0 Å². The van der Waals surface area contributed by atoms with Gasteiger partial charge in [0.25, 0.3) is 0 Å². The van der Waals surface area contributed by atoms with Crippen molar-refractivity contribution in [3.63, 3.8) is 0 Å².